The third-order valence-corrected chi connectivity index (χ3v) is 7.24. The molecule has 3 aromatic rings. The van der Waals surface area contributed by atoms with E-state index < -0.39 is 15.4 Å². The van der Waals surface area contributed by atoms with Crippen LogP contribution in [0.25, 0.3) is 0 Å². The third-order valence-electron chi connectivity index (χ3n) is 5.94. The minimum atomic E-state index is -3.88. The lowest BCUT2D eigenvalue weighted by molar-refractivity contribution is 0.0948. The minimum Gasteiger partial charge on any atom is -0.372 e. The summed E-state index contributed by atoms with van der Waals surface area (Å²) in [5.41, 5.74) is 3.23. The molecule has 0 saturated carbocycles. The van der Waals surface area contributed by atoms with Crippen LogP contribution in [0.4, 0.5) is 5.69 Å². The maximum absolute atomic E-state index is 13.2. The van der Waals surface area contributed by atoms with E-state index in [1.165, 1.54) is 0 Å². The van der Waals surface area contributed by atoms with Crippen molar-refractivity contribution in [3.05, 3.63) is 95.6 Å². The van der Waals surface area contributed by atoms with Gasteiger partial charge in [0.1, 0.15) is 5.84 Å². The maximum Gasteiger partial charge on any atom is 0.283 e. The number of para-hydroxylation sites is 1. The molecule has 0 unspecified atom stereocenters. The number of aryl methyl sites for hydroxylation is 1. The van der Waals surface area contributed by atoms with E-state index >= 15 is 0 Å². The van der Waals surface area contributed by atoms with E-state index in [2.05, 4.69) is 9.71 Å². The summed E-state index contributed by atoms with van der Waals surface area (Å²) in [5.74, 6) is 0.427. The van der Waals surface area contributed by atoms with Crippen molar-refractivity contribution in [2.24, 2.45) is 4.40 Å². The van der Waals surface area contributed by atoms with Gasteiger partial charge in [-0.05, 0) is 42.7 Å². The van der Waals surface area contributed by atoms with Crippen molar-refractivity contribution in [1.82, 2.24) is 0 Å². The molecule has 6 heteroatoms. The van der Waals surface area contributed by atoms with Crippen LogP contribution in [0, 0.1) is 6.92 Å². The first-order valence-corrected chi connectivity index (χ1v) is 11.4. The van der Waals surface area contributed by atoms with Crippen LogP contribution >= 0.6 is 0 Å². The van der Waals surface area contributed by atoms with E-state index in [0.29, 0.717) is 18.9 Å². The molecule has 2 aliphatic heterocycles. The number of sulfonamides is 1. The molecule has 152 valence electrons. The first kappa shape index (κ1) is 19.0. The molecule has 0 aromatic heterocycles. The van der Waals surface area contributed by atoms with E-state index in [1.807, 2.05) is 61.5 Å². The van der Waals surface area contributed by atoms with Gasteiger partial charge in [0.2, 0.25) is 0 Å². The quantitative estimate of drug-likeness (QED) is 0.675. The predicted octanol–water partition coefficient (Wildman–Crippen LogP) is 4.61. The number of rotatable bonds is 3. The lowest BCUT2D eigenvalue weighted by Gasteiger charge is -2.30. The van der Waals surface area contributed by atoms with Crippen LogP contribution in [-0.4, -0.2) is 20.9 Å². The van der Waals surface area contributed by atoms with Crippen molar-refractivity contribution in [3.63, 3.8) is 0 Å². The first-order valence-electron chi connectivity index (χ1n) is 9.96. The summed E-state index contributed by atoms with van der Waals surface area (Å²) in [6.07, 6.45) is 0.334. The highest BCUT2D eigenvalue weighted by Crippen LogP contribution is 2.54. The Kier molecular flexibility index (Phi) is 4.49. The Balaban J connectivity index is 1.68. The van der Waals surface area contributed by atoms with Crippen LogP contribution in [-0.2, 0) is 20.2 Å². The summed E-state index contributed by atoms with van der Waals surface area (Å²) >= 11 is 0. The molecule has 5 rings (SSSR count). The Morgan fingerprint density at radius 3 is 2.43 bits per heavy atom. The molecule has 0 amide bonds. The molecule has 1 fully saturated rings. The van der Waals surface area contributed by atoms with Gasteiger partial charge in [0.25, 0.3) is 10.0 Å². The van der Waals surface area contributed by atoms with Gasteiger partial charge >= 0.3 is 0 Å². The van der Waals surface area contributed by atoms with Gasteiger partial charge in [0.05, 0.1) is 16.4 Å². The molecule has 2 aliphatic rings. The van der Waals surface area contributed by atoms with Gasteiger partial charge in [-0.1, -0.05) is 66.2 Å². The minimum absolute atomic E-state index is 0.184. The summed E-state index contributed by atoms with van der Waals surface area (Å²) < 4.78 is 36.8. The van der Waals surface area contributed by atoms with Gasteiger partial charge in [0, 0.05) is 12.3 Å². The van der Waals surface area contributed by atoms with Crippen LogP contribution in [0.15, 0.2) is 88.2 Å². The molecular formula is C24H22N2O3S. The number of nitrogens with one attached hydrogen (secondary N) is 1. The maximum atomic E-state index is 13.2. The predicted molar refractivity (Wildman–Crippen MR) is 117 cm³/mol. The molecule has 30 heavy (non-hydrogen) atoms. The Bertz CT molecular complexity index is 1220. The lowest BCUT2D eigenvalue weighted by Crippen LogP contribution is -2.38. The Hall–Kier alpha value is -2.96. The van der Waals surface area contributed by atoms with Gasteiger partial charge in [-0.25, -0.2) is 0 Å². The first-order chi connectivity index (χ1) is 14.5. The second-order valence-corrected chi connectivity index (χ2v) is 9.39. The monoisotopic (exact) mass is 418 g/mol. The SMILES string of the molecule is Cc1ccc(S(=O)(=O)/N=C2\Nc3ccccc3[C@]23CCO[C@H]3c2ccccc2)cc1. The fourth-order valence-electron chi connectivity index (χ4n) is 4.47. The number of hydrogen-bond donors (Lipinski definition) is 1. The van der Waals surface area contributed by atoms with Crippen LogP contribution in [0.1, 0.15) is 29.2 Å². The number of amidine groups is 1. The molecule has 3 aromatic carbocycles. The standard InChI is InChI=1S/C24H22N2O3S/c1-17-11-13-19(14-12-17)30(27,28)26-23-24(20-9-5-6-10-21(20)25-23)15-16-29-22(24)18-7-3-2-4-8-18/h2-14,22H,15-16H2,1H3,(H,25,26)/t22-,24-/m0/s1. The molecule has 2 atom stereocenters. The van der Waals surface area contributed by atoms with E-state index in [1.54, 1.807) is 24.3 Å². The molecule has 1 N–H and O–H groups in total. The lowest BCUT2D eigenvalue weighted by atomic mass is 9.73. The average Bonchev–Trinajstić information content (AvgIpc) is 3.32. The Morgan fingerprint density at radius 1 is 0.967 bits per heavy atom. The molecule has 0 radical (unpaired) electrons. The van der Waals surface area contributed by atoms with Crippen molar-refractivity contribution < 1.29 is 13.2 Å². The van der Waals surface area contributed by atoms with Crippen molar-refractivity contribution in [1.29, 1.82) is 0 Å². The fraction of sp³-hybridized carbons (Fsp3) is 0.208. The van der Waals surface area contributed by atoms with Crippen LogP contribution in [0.2, 0.25) is 0 Å². The molecule has 5 nitrogen and oxygen atoms in total. The van der Waals surface area contributed by atoms with E-state index in [4.69, 9.17) is 4.74 Å². The molecule has 1 spiro atoms. The molecular weight excluding hydrogens is 396 g/mol. The van der Waals surface area contributed by atoms with Gasteiger partial charge in [-0.3, -0.25) is 0 Å². The van der Waals surface area contributed by atoms with E-state index in [-0.39, 0.29) is 11.0 Å². The molecule has 1 saturated heterocycles. The highest BCUT2D eigenvalue weighted by molar-refractivity contribution is 7.90. The van der Waals surface area contributed by atoms with Crippen molar-refractivity contribution in [3.8, 4) is 0 Å². The molecule has 0 aliphatic carbocycles. The zero-order valence-electron chi connectivity index (χ0n) is 16.6. The van der Waals surface area contributed by atoms with Gasteiger partial charge in [-0.2, -0.15) is 8.42 Å². The van der Waals surface area contributed by atoms with Crippen molar-refractivity contribution >= 4 is 21.5 Å². The highest BCUT2D eigenvalue weighted by atomic mass is 32.2. The average molecular weight is 419 g/mol. The summed E-state index contributed by atoms with van der Waals surface area (Å²) in [6, 6.07) is 24.6. The largest absolute Gasteiger partial charge is 0.372 e. The van der Waals surface area contributed by atoms with Gasteiger partial charge in [-0.15, -0.1) is 4.40 Å². The number of ether oxygens (including phenoxy) is 1. The number of nitrogens with zero attached hydrogens (tertiary/aromatic N) is 1. The Labute approximate surface area is 176 Å². The normalized spacial score (nSPS) is 24.2. The smallest absolute Gasteiger partial charge is 0.283 e. The zero-order valence-corrected chi connectivity index (χ0v) is 17.4. The van der Waals surface area contributed by atoms with Crippen LogP contribution in [0.5, 0.6) is 0 Å². The second kappa shape index (κ2) is 7.07. The second-order valence-electron chi connectivity index (χ2n) is 7.78. The number of hydrogen-bond acceptors (Lipinski definition) is 3. The summed E-state index contributed by atoms with van der Waals surface area (Å²) in [6.45, 7) is 2.45. The number of anilines is 1. The summed E-state index contributed by atoms with van der Waals surface area (Å²) in [5, 5.41) is 3.30. The molecule has 0 bridgehead atoms. The summed E-state index contributed by atoms with van der Waals surface area (Å²) in [4.78, 5) is 0.184. The zero-order chi connectivity index (χ0) is 20.8. The highest BCUT2D eigenvalue weighted by Gasteiger charge is 2.55. The van der Waals surface area contributed by atoms with Crippen LogP contribution in [0.3, 0.4) is 0 Å². The number of benzene rings is 3. The van der Waals surface area contributed by atoms with E-state index in [9.17, 15) is 8.42 Å². The van der Waals surface area contributed by atoms with Gasteiger partial charge < -0.3 is 10.1 Å². The van der Waals surface area contributed by atoms with E-state index in [0.717, 1.165) is 22.4 Å². The van der Waals surface area contributed by atoms with Crippen LogP contribution < -0.4 is 5.32 Å². The fourth-order valence-corrected chi connectivity index (χ4v) is 5.51. The van der Waals surface area contributed by atoms with Crippen molar-refractivity contribution in [2.45, 2.75) is 29.8 Å². The topological polar surface area (TPSA) is 67.8 Å². The Morgan fingerprint density at radius 2 is 1.67 bits per heavy atom. The van der Waals surface area contributed by atoms with Crippen molar-refractivity contribution in [2.75, 3.05) is 11.9 Å². The molecule has 2 heterocycles. The van der Waals surface area contributed by atoms with Gasteiger partial charge in [0.15, 0.2) is 0 Å². The third kappa shape index (κ3) is 2.95. The summed E-state index contributed by atoms with van der Waals surface area (Å²) in [7, 11) is -3.88. The number of fused-ring (bicyclic) bond motifs is 2.